The minimum absolute atomic E-state index is 0.0620. The van der Waals surface area contributed by atoms with Crippen LogP contribution in [0.3, 0.4) is 0 Å². The van der Waals surface area contributed by atoms with Crippen molar-refractivity contribution in [3.05, 3.63) is 59.7 Å². The Morgan fingerprint density at radius 1 is 1.07 bits per heavy atom. The molecule has 1 saturated heterocycles. The molecule has 1 aliphatic rings. The summed E-state index contributed by atoms with van der Waals surface area (Å²) in [4.78, 5) is 14.9. The van der Waals surface area contributed by atoms with Crippen LogP contribution in [0.5, 0.6) is 5.75 Å². The Morgan fingerprint density at radius 3 is 2.43 bits per heavy atom. The predicted octanol–water partition coefficient (Wildman–Crippen LogP) is 2.80. The molecule has 0 spiro atoms. The maximum absolute atomic E-state index is 12.7. The number of hydrogen-bond acceptors (Lipinski definition) is 5. The number of rotatable bonds is 7. The van der Waals surface area contributed by atoms with E-state index in [1.807, 2.05) is 56.3 Å². The maximum atomic E-state index is 12.7. The van der Waals surface area contributed by atoms with Crippen LogP contribution in [-0.2, 0) is 16.6 Å². The van der Waals surface area contributed by atoms with E-state index in [2.05, 4.69) is 10.2 Å². The average Bonchev–Trinajstić information content (AvgIpc) is 2.68. The Kier molecular flexibility index (Phi) is 7.12. The molecule has 8 heteroatoms. The fourth-order valence-corrected chi connectivity index (χ4v) is 4.24. The van der Waals surface area contributed by atoms with Crippen LogP contribution in [0.15, 0.2) is 48.5 Å². The fourth-order valence-electron chi connectivity index (χ4n) is 3.41. The lowest BCUT2D eigenvalue weighted by molar-refractivity contribution is 0.102. The highest BCUT2D eigenvalue weighted by atomic mass is 32.2. The molecule has 1 fully saturated rings. The van der Waals surface area contributed by atoms with Gasteiger partial charge in [0.1, 0.15) is 5.75 Å². The molecular formula is C22H29N3O4S. The number of amides is 1. The van der Waals surface area contributed by atoms with Gasteiger partial charge in [0.2, 0.25) is 10.0 Å². The first-order valence-electron chi connectivity index (χ1n) is 10.1. The van der Waals surface area contributed by atoms with Gasteiger partial charge in [0.15, 0.2) is 0 Å². The van der Waals surface area contributed by atoms with Crippen LogP contribution in [-0.4, -0.2) is 62.1 Å². The maximum Gasteiger partial charge on any atom is 0.255 e. The van der Waals surface area contributed by atoms with Gasteiger partial charge in [-0.3, -0.25) is 9.69 Å². The summed E-state index contributed by atoms with van der Waals surface area (Å²) in [6.07, 6.45) is 1.31. The summed E-state index contributed by atoms with van der Waals surface area (Å²) >= 11 is 0. The molecule has 2 aromatic rings. The van der Waals surface area contributed by atoms with E-state index in [1.165, 1.54) is 10.6 Å². The van der Waals surface area contributed by atoms with E-state index in [0.717, 1.165) is 5.56 Å². The lowest BCUT2D eigenvalue weighted by atomic mass is 10.1. The summed E-state index contributed by atoms with van der Waals surface area (Å²) in [7, 11) is -3.14. The quantitative estimate of drug-likeness (QED) is 0.729. The molecule has 3 rings (SSSR count). The Bertz CT molecular complexity index is 983. The number of piperazine rings is 1. The molecule has 0 bridgehead atoms. The van der Waals surface area contributed by atoms with Gasteiger partial charge in [-0.15, -0.1) is 0 Å². The van der Waals surface area contributed by atoms with Gasteiger partial charge >= 0.3 is 0 Å². The van der Waals surface area contributed by atoms with Crippen LogP contribution in [0, 0.1) is 0 Å². The molecule has 0 unspecified atom stereocenters. The molecule has 162 valence electrons. The summed E-state index contributed by atoms with van der Waals surface area (Å²) in [6.45, 7) is 6.92. The van der Waals surface area contributed by atoms with Crippen molar-refractivity contribution in [1.82, 2.24) is 9.21 Å². The van der Waals surface area contributed by atoms with Gasteiger partial charge in [-0.1, -0.05) is 18.2 Å². The van der Waals surface area contributed by atoms with Crippen LogP contribution in [0.1, 0.15) is 29.8 Å². The highest BCUT2D eigenvalue weighted by molar-refractivity contribution is 7.88. The van der Waals surface area contributed by atoms with Crippen LogP contribution in [0.4, 0.5) is 5.69 Å². The Hall–Kier alpha value is -2.42. The van der Waals surface area contributed by atoms with Crippen molar-refractivity contribution in [2.24, 2.45) is 0 Å². The second-order valence-corrected chi connectivity index (χ2v) is 9.77. The number of sulfonamides is 1. The number of nitrogens with one attached hydrogen (secondary N) is 1. The zero-order chi connectivity index (χ0) is 21.7. The Morgan fingerprint density at radius 2 is 1.77 bits per heavy atom. The largest absolute Gasteiger partial charge is 0.491 e. The van der Waals surface area contributed by atoms with Crippen LogP contribution < -0.4 is 10.1 Å². The van der Waals surface area contributed by atoms with E-state index < -0.39 is 10.0 Å². The molecule has 0 aromatic heterocycles. The SMILES string of the molecule is CC(C)Oc1cccc(NC(=O)c2cccc(CN3CCN(S(C)(=O)=O)CC3)c2)c1. The number of hydrogen-bond donors (Lipinski definition) is 1. The zero-order valence-corrected chi connectivity index (χ0v) is 18.5. The Balaban J connectivity index is 1.61. The number of benzene rings is 2. The first-order chi connectivity index (χ1) is 14.2. The fraction of sp³-hybridized carbons (Fsp3) is 0.409. The van der Waals surface area contributed by atoms with Crippen molar-refractivity contribution in [3.63, 3.8) is 0 Å². The number of nitrogens with zero attached hydrogens (tertiary/aromatic N) is 2. The van der Waals surface area contributed by atoms with Crippen molar-refractivity contribution < 1.29 is 17.9 Å². The smallest absolute Gasteiger partial charge is 0.255 e. The lowest BCUT2D eigenvalue weighted by Gasteiger charge is -2.33. The van der Waals surface area contributed by atoms with Crippen LogP contribution >= 0.6 is 0 Å². The molecule has 0 aliphatic carbocycles. The van der Waals surface area contributed by atoms with Crippen molar-refractivity contribution in [2.75, 3.05) is 37.8 Å². The molecule has 1 heterocycles. The van der Waals surface area contributed by atoms with Gasteiger partial charge in [0.25, 0.3) is 5.91 Å². The molecule has 0 saturated carbocycles. The van der Waals surface area contributed by atoms with Crippen LogP contribution in [0.25, 0.3) is 0 Å². The molecule has 1 amide bonds. The van der Waals surface area contributed by atoms with Gasteiger partial charge in [-0.25, -0.2) is 8.42 Å². The molecule has 0 atom stereocenters. The third kappa shape index (κ3) is 6.29. The standard InChI is InChI=1S/C22H29N3O4S/c1-17(2)29-21-9-5-8-20(15-21)23-22(26)19-7-4-6-18(14-19)16-24-10-12-25(13-11-24)30(3,27)28/h4-9,14-15,17H,10-13,16H2,1-3H3,(H,23,26). The average molecular weight is 432 g/mol. The van der Waals surface area contributed by atoms with E-state index in [0.29, 0.717) is 49.7 Å². The van der Waals surface area contributed by atoms with Crippen molar-refractivity contribution in [3.8, 4) is 5.75 Å². The van der Waals surface area contributed by atoms with Gasteiger partial charge < -0.3 is 10.1 Å². The summed E-state index contributed by atoms with van der Waals surface area (Å²) in [5.41, 5.74) is 2.28. The molecule has 2 aromatic carbocycles. The van der Waals surface area contributed by atoms with Crippen molar-refractivity contribution >= 4 is 21.6 Å². The zero-order valence-electron chi connectivity index (χ0n) is 17.7. The lowest BCUT2D eigenvalue weighted by Crippen LogP contribution is -2.47. The molecule has 7 nitrogen and oxygen atoms in total. The summed E-state index contributed by atoms with van der Waals surface area (Å²) in [5.74, 6) is 0.533. The minimum Gasteiger partial charge on any atom is -0.491 e. The highest BCUT2D eigenvalue weighted by Crippen LogP contribution is 2.20. The number of carbonyl (C=O) groups excluding carboxylic acids is 1. The normalized spacial score (nSPS) is 15.9. The second kappa shape index (κ2) is 9.59. The van der Waals surface area contributed by atoms with Crippen molar-refractivity contribution in [2.45, 2.75) is 26.5 Å². The third-order valence-corrected chi connectivity index (χ3v) is 6.16. The molecule has 1 aliphatic heterocycles. The second-order valence-electron chi connectivity index (χ2n) is 7.79. The Labute approximate surface area is 178 Å². The first kappa shape index (κ1) is 22.3. The summed E-state index contributed by atoms with van der Waals surface area (Å²) < 4.78 is 30.5. The van der Waals surface area contributed by atoms with E-state index in [9.17, 15) is 13.2 Å². The van der Waals surface area contributed by atoms with Crippen LogP contribution in [0.2, 0.25) is 0 Å². The van der Waals surface area contributed by atoms with Gasteiger partial charge in [-0.05, 0) is 43.7 Å². The molecule has 30 heavy (non-hydrogen) atoms. The topological polar surface area (TPSA) is 79.0 Å². The van der Waals surface area contributed by atoms with Crippen molar-refractivity contribution in [1.29, 1.82) is 0 Å². The number of ether oxygens (including phenoxy) is 1. The van der Waals surface area contributed by atoms with E-state index in [4.69, 9.17) is 4.74 Å². The van der Waals surface area contributed by atoms with Gasteiger partial charge in [0, 0.05) is 50.0 Å². The van der Waals surface area contributed by atoms with E-state index in [-0.39, 0.29) is 12.0 Å². The van der Waals surface area contributed by atoms with E-state index >= 15 is 0 Å². The monoisotopic (exact) mass is 431 g/mol. The molecule has 0 radical (unpaired) electrons. The summed E-state index contributed by atoms with van der Waals surface area (Å²) in [5, 5.41) is 2.92. The number of carbonyl (C=O) groups is 1. The molecule has 1 N–H and O–H groups in total. The highest BCUT2D eigenvalue weighted by Gasteiger charge is 2.23. The summed E-state index contributed by atoms with van der Waals surface area (Å²) in [6, 6.07) is 14.9. The predicted molar refractivity (Wildman–Crippen MR) is 118 cm³/mol. The van der Waals surface area contributed by atoms with E-state index in [1.54, 1.807) is 6.07 Å². The molecular weight excluding hydrogens is 402 g/mol. The minimum atomic E-state index is -3.14. The van der Waals surface area contributed by atoms with Gasteiger partial charge in [0.05, 0.1) is 12.4 Å². The van der Waals surface area contributed by atoms with Gasteiger partial charge in [-0.2, -0.15) is 4.31 Å². The number of anilines is 1. The third-order valence-electron chi connectivity index (χ3n) is 4.86. The first-order valence-corrected chi connectivity index (χ1v) is 11.9.